The third-order valence-electron chi connectivity index (χ3n) is 4.47. The van der Waals surface area contributed by atoms with Crippen molar-refractivity contribution >= 4 is 34.3 Å². The molecule has 148 valence electrons. The minimum atomic E-state index is -0.00322. The molecule has 2 rings (SSSR count). The van der Waals surface area contributed by atoms with E-state index in [1.807, 2.05) is 26.1 Å². The lowest BCUT2D eigenvalue weighted by atomic mass is 10.1. The van der Waals surface area contributed by atoms with Gasteiger partial charge in [-0.3, -0.25) is 14.2 Å². The number of nitrogens with one attached hydrogen (secondary N) is 1. The topological polar surface area (TPSA) is 60.3 Å². The van der Waals surface area contributed by atoms with Crippen LogP contribution < -0.4 is 10.1 Å². The van der Waals surface area contributed by atoms with Gasteiger partial charge in [0.05, 0.1) is 17.1 Å². The Labute approximate surface area is 166 Å². The lowest BCUT2D eigenvalue weighted by Gasteiger charge is -2.09. The highest BCUT2D eigenvalue weighted by Crippen LogP contribution is 2.34. The summed E-state index contributed by atoms with van der Waals surface area (Å²) in [4.78, 5) is 24.1. The van der Waals surface area contributed by atoms with E-state index < -0.39 is 0 Å². The number of amides is 1. The molecule has 0 spiro atoms. The largest absolute Gasteiger partial charge is 0.494 e. The third kappa shape index (κ3) is 5.48. The number of fused-ring (bicyclic) bond motifs is 1. The number of carbonyl (C=O) groups excluding carboxylic acids is 2. The minimum absolute atomic E-state index is 0.00322. The van der Waals surface area contributed by atoms with Crippen molar-refractivity contribution in [3.05, 3.63) is 28.9 Å². The maximum Gasteiger partial charge on any atom is 0.230 e. The maximum atomic E-state index is 12.4. The van der Waals surface area contributed by atoms with Gasteiger partial charge in [0.15, 0.2) is 0 Å². The number of ether oxygens (including phenoxy) is 1. The molecule has 0 atom stereocenters. The molecule has 1 aromatic carbocycles. The summed E-state index contributed by atoms with van der Waals surface area (Å²) >= 11 is 6.50. The quantitative estimate of drug-likeness (QED) is 0.580. The SMILES string of the molecule is CCCCOc1cc(Cl)c2c(c1)c(CCCC(=O)NCC)cn2C(=O)CC. The summed E-state index contributed by atoms with van der Waals surface area (Å²) in [7, 11) is 0. The Morgan fingerprint density at radius 3 is 2.63 bits per heavy atom. The number of carbonyl (C=O) groups is 2. The number of benzene rings is 1. The number of nitrogens with zero attached hydrogens (tertiary/aromatic N) is 1. The van der Waals surface area contributed by atoms with Gasteiger partial charge in [0.25, 0.3) is 0 Å². The van der Waals surface area contributed by atoms with Crippen LogP contribution in [0.3, 0.4) is 0 Å². The number of unbranched alkanes of at least 4 members (excludes halogenated alkanes) is 1. The zero-order chi connectivity index (χ0) is 19.8. The molecule has 0 saturated heterocycles. The van der Waals surface area contributed by atoms with Gasteiger partial charge in [0.1, 0.15) is 5.75 Å². The van der Waals surface area contributed by atoms with E-state index in [1.54, 1.807) is 10.6 Å². The van der Waals surface area contributed by atoms with Crippen LogP contribution in [0.25, 0.3) is 10.9 Å². The molecule has 5 nitrogen and oxygen atoms in total. The highest BCUT2D eigenvalue weighted by molar-refractivity contribution is 6.35. The van der Waals surface area contributed by atoms with E-state index in [9.17, 15) is 9.59 Å². The fraction of sp³-hybridized carbons (Fsp3) is 0.524. The Morgan fingerprint density at radius 1 is 1.19 bits per heavy atom. The molecule has 2 aromatic rings. The summed E-state index contributed by atoms with van der Waals surface area (Å²) < 4.78 is 7.45. The van der Waals surface area contributed by atoms with Crippen LogP contribution in [0, 0.1) is 0 Å². The molecular weight excluding hydrogens is 364 g/mol. The number of hydrogen-bond donors (Lipinski definition) is 1. The average Bonchev–Trinajstić information content (AvgIpc) is 3.01. The van der Waals surface area contributed by atoms with Crippen LogP contribution >= 0.6 is 11.6 Å². The van der Waals surface area contributed by atoms with E-state index in [2.05, 4.69) is 12.2 Å². The van der Waals surface area contributed by atoms with Gasteiger partial charge in [-0.2, -0.15) is 0 Å². The van der Waals surface area contributed by atoms with E-state index in [1.165, 1.54) is 0 Å². The Balaban J connectivity index is 2.32. The Kier molecular flexibility index (Phi) is 8.17. The molecule has 0 aliphatic rings. The zero-order valence-corrected chi connectivity index (χ0v) is 17.2. The Bertz CT molecular complexity index is 798. The van der Waals surface area contributed by atoms with Crippen LogP contribution in [-0.2, 0) is 11.2 Å². The van der Waals surface area contributed by atoms with Gasteiger partial charge in [-0.25, -0.2) is 0 Å². The predicted molar refractivity (Wildman–Crippen MR) is 110 cm³/mol. The standard InChI is InChI=1S/C21H29ClN2O3/c1-4-7-11-27-16-12-17-15(9-8-10-19(25)23-6-3)14-24(20(26)5-2)21(17)18(22)13-16/h12-14H,4-11H2,1-3H3,(H,23,25). The smallest absolute Gasteiger partial charge is 0.230 e. The molecule has 0 bridgehead atoms. The zero-order valence-electron chi connectivity index (χ0n) is 16.4. The molecule has 6 heteroatoms. The fourth-order valence-corrected chi connectivity index (χ4v) is 3.36. The normalized spacial score (nSPS) is 11.0. The lowest BCUT2D eigenvalue weighted by Crippen LogP contribution is -2.22. The number of hydrogen-bond acceptors (Lipinski definition) is 3. The van der Waals surface area contributed by atoms with Crippen LogP contribution in [0.1, 0.15) is 63.2 Å². The molecule has 27 heavy (non-hydrogen) atoms. The number of halogens is 1. The van der Waals surface area contributed by atoms with E-state index in [4.69, 9.17) is 16.3 Å². The second kappa shape index (κ2) is 10.4. The van der Waals surface area contributed by atoms with Crippen molar-refractivity contribution in [1.82, 2.24) is 9.88 Å². The van der Waals surface area contributed by atoms with Crippen molar-refractivity contribution < 1.29 is 14.3 Å². The van der Waals surface area contributed by atoms with Crippen LogP contribution in [-0.4, -0.2) is 29.5 Å². The molecule has 0 radical (unpaired) electrons. The number of aryl methyl sites for hydroxylation is 1. The van der Waals surface area contributed by atoms with E-state index in [0.29, 0.717) is 49.6 Å². The fourth-order valence-electron chi connectivity index (χ4n) is 3.06. The summed E-state index contributed by atoms with van der Waals surface area (Å²) in [5.74, 6) is 0.761. The molecule has 1 amide bonds. The van der Waals surface area contributed by atoms with E-state index in [-0.39, 0.29) is 11.8 Å². The van der Waals surface area contributed by atoms with E-state index >= 15 is 0 Å². The molecule has 0 aliphatic heterocycles. The number of aromatic nitrogens is 1. The minimum Gasteiger partial charge on any atom is -0.494 e. The predicted octanol–water partition coefficient (Wildman–Crippen LogP) is 4.98. The van der Waals surface area contributed by atoms with Crippen molar-refractivity contribution in [3.63, 3.8) is 0 Å². The van der Waals surface area contributed by atoms with Crippen LogP contribution in [0.15, 0.2) is 18.3 Å². The Morgan fingerprint density at radius 2 is 1.96 bits per heavy atom. The second-order valence-electron chi connectivity index (χ2n) is 6.58. The number of rotatable bonds is 10. The molecule has 1 heterocycles. The summed E-state index contributed by atoms with van der Waals surface area (Å²) in [6.07, 6.45) is 6.16. The first-order valence-electron chi connectivity index (χ1n) is 9.77. The molecule has 1 aromatic heterocycles. The average molecular weight is 393 g/mol. The molecule has 0 saturated carbocycles. The van der Waals surface area contributed by atoms with Crippen LogP contribution in [0.5, 0.6) is 5.75 Å². The Hall–Kier alpha value is -2.01. The van der Waals surface area contributed by atoms with Crippen molar-refractivity contribution in [2.75, 3.05) is 13.2 Å². The summed E-state index contributed by atoms with van der Waals surface area (Å²) in [6.45, 7) is 7.13. The molecule has 0 fully saturated rings. The molecule has 0 unspecified atom stereocenters. The van der Waals surface area contributed by atoms with Gasteiger partial charge >= 0.3 is 0 Å². The first-order chi connectivity index (χ1) is 13.0. The van der Waals surface area contributed by atoms with Gasteiger partial charge in [0.2, 0.25) is 11.8 Å². The monoisotopic (exact) mass is 392 g/mol. The van der Waals surface area contributed by atoms with Crippen molar-refractivity contribution in [1.29, 1.82) is 0 Å². The van der Waals surface area contributed by atoms with Gasteiger partial charge in [-0.05, 0) is 37.8 Å². The first-order valence-corrected chi connectivity index (χ1v) is 10.2. The summed E-state index contributed by atoms with van der Waals surface area (Å²) in [5.41, 5.74) is 1.73. The van der Waals surface area contributed by atoms with Crippen molar-refractivity contribution in [2.24, 2.45) is 0 Å². The van der Waals surface area contributed by atoms with Gasteiger partial charge in [-0.15, -0.1) is 0 Å². The van der Waals surface area contributed by atoms with E-state index in [0.717, 1.165) is 29.3 Å². The van der Waals surface area contributed by atoms with Gasteiger partial charge in [-0.1, -0.05) is 31.9 Å². The van der Waals surface area contributed by atoms with Gasteiger partial charge in [0, 0.05) is 37.0 Å². The first kappa shape index (κ1) is 21.3. The van der Waals surface area contributed by atoms with Gasteiger partial charge < -0.3 is 10.1 Å². The highest BCUT2D eigenvalue weighted by Gasteiger charge is 2.17. The maximum absolute atomic E-state index is 12.4. The van der Waals surface area contributed by atoms with Crippen molar-refractivity contribution in [3.8, 4) is 5.75 Å². The van der Waals surface area contributed by atoms with Crippen molar-refractivity contribution in [2.45, 2.75) is 59.3 Å². The summed E-state index contributed by atoms with van der Waals surface area (Å²) in [6, 6.07) is 3.73. The molecule has 0 aliphatic carbocycles. The molecular formula is C21H29ClN2O3. The van der Waals surface area contributed by atoms with Crippen LogP contribution in [0.2, 0.25) is 5.02 Å². The highest BCUT2D eigenvalue weighted by atomic mass is 35.5. The molecule has 1 N–H and O–H groups in total. The third-order valence-corrected chi connectivity index (χ3v) is 4.76. The second-order valence-corrected chi connectivity index (χ2v) is 6.99. The summed E-state index contributed by atoms with van der Waals surface area (Å²) in [5, 5.41) is 4.24. The van der Waals surface area contributed by atoms with Crippen LogP contribution in [0.4, 0.5) is 0 Å². The lowest BCUT2D eigenvalue weighted by molar-refractivity contribution is -0.121.